The van der Waals surface area contributed by atoms with Gasteiger partial charge in [0.05, 0.1) is 11.3 Å². The van der Waals surface area contributed by atoms with Gasteiger partial charge in [0.15, 0.2) is 5.60 Å². The fourth-order valence-electron chi connectivity index (χ4n) is 3.05. The summed E-state index contributed by atoms with van der Waals surface area (Å²) in [6.07, 6.45) is -4.65. The van der Waals surface area contributed by atoms with Crippen LogP contribution in [0.5, 0.6) is 5.75 Å². The van der Waals surface area contributed by atoms with Gasteiger partial charge in [-0.1, -0.05) is 45.0 Å². The molecule has 2 aromatic rings. The van der Waals surface area contributed by atoms with Crippen molar-refractivity contribution in [1.29, 1.82) is 0 Å². The Balaban J connectivity index is 2.00. The minimum absolute atomic E-state index is 0.0118. The molecule has 0 radical (unpaired) electrons. The molecular weight excluding hydrogens is 399 g/mol. The molecule has 1 atom stereocenters. The fraction of sp³-hybridized carbons (Fsp3) is 0.381. The van der Waals surface area contributed by atoms with Crippen molar-refractivity contribution in [2.75, 3.05) is 5.32 Å². The molecule has 156 valence electrons. The van der Waals surface area contributed by atoms with Crippen LogP contribution in [0.15, 0.2) is 42.5 Å². The molecule has 1 heterocycles. The van der Waals surface area contributed by atoms with Crippen LogP contribution in [-0.4, -0.2) is 19.3 Å². The summed E-state index contributed by atoms with van der Waals surface area (Å²) in [7, 11) is -2.08. The second-order valence-corrected chi connectivity index (χ2v) is 13.5. The monoisotopic (exact) mass is 423 g/mol. The zero-order valence-corrected chi connectivity index (χ0v) is 17.9. The van der Waals surface area contributed by atoms with Crippen LogP contribution in [0.1, 0.15) is 37.5 Å². The van der Waals surface area contributed by atoms with Gasteiger partial charge in [-0.2, -0.15) is 13.2 Å². The first kappa shape index (κ1) is 21.4. The number of halogens is 3. The van der Waals surface area contributed by atoms with Crippen molar-refractivity contribution >= 4 is 19.9 Å². The van der Waals surface area contributed by atoms with Gasteiger partial charge in [0.2, 0.25) is 8.32 Å². The van der Waals surface area contributed by atoms with E-state index in [0.29, 0.717) is 5.75 Å². The third kappa shape index (κ3) is 3.55. The summed E-state index contributed by atoms with van der Waals surface area (Å²) in [5.41, 5.74) is -3.54. The van der Waals surface area contributed by atoms with Crippen molar-refractivity contribution in [3.05, 3.63) is 59.2 Å². The van der Waals surface area contributed by atoms with Crippen molar-refractivity contribution in [2.24, 2.45) is 0 Å². The molecule has 2 N–H and O–H groups in total. The highest BCUT2D eigenvalue weighted by molar-refractivity contribution is 6.74. The quantitative estimate of drug-likeness (QED) is 0.661. The summed E-state index contributed by atoms with van der Waals surface area (Å²) in [6, 6.07) is 9.67. The van der Waals surface area contributed by atoms with Gasteiger partial charge in [-0.3, -0.25) is 4.79 Å². The maximum absolute atomic E-state index is 13.3. The van der Waals surface area contributed by atoms with E-state index in [2.05, 4.69) is 39.2 Å². The molecule has 4 nitrogen and oxygen atoms in total. The molecule has 1 aliphatic heterocycles. The first-order chi connectivity index (χ1) is 13.2. The first-order valence-corrected chi connectivity index (χ1v) is 12.1. The van der Waals surface area contributed by atoms with Gasteiger partial charge < -0.3 is 14.8 Å². The number of carbonyl (C=O) groups is 1. The molecule has 0 spiro atoms. The molecule has 0 aliphatic carbocycles. The van der Waals surface area contributed by atoms with Gasteiger partial charge >= 0.3 is 6.18 Å². The fourth-order valence-corrected chi connectivity index (χ4v) is 4.08. The van der Waals surface area contributed by atoms with Crippen LogP contribution >= 0.6 is 0 Å². The van der Waals surface area contributed by atoms with E-state index in [1.165, 1.54) is 24.3 Å². The number of amides is 1. The Kier molecular flexibility index (Phi) is 4.87. The van der Waals surface area contributed by atoms with E-state index in [1.807, 2.05) is 0 Å². The Bertz CT molecular complexity index is 949. The van der Waals surface area contributed by atoms with Crippen molar-refractivity contribution < 1.29 is 27.5 Å². The molecule has 8 heteroatoms. The highest BCUT2D eigenvalue weighted by Crippen LogP contribution is 2.47. The topological polar surface area (TPSA) is 58.6 Å². The Labute approximate surface area is 168 Å². The van der Waals surface area contributed by atoms with E-state index in [0.717, 1.165) is 6.07 Å². The van der Waals surface area contributed by atoms with Crippen LogP contribution < -0.4 is 9.74 Å². The normalized spacial score (nSPS) is 19.7. The number of hydrogen-bond donors (Lipinski definition) is 2. The van der Waals surface area contributed by atoms with E-state index >= 15 is 0 Å². The summed E-state index contributed by atoms with van der Waals surface area (Å²) in [5.74, 6) is -0.325. The van der Waals surface area contributed by atoms with Gasteiger partial charge in [-0.15, -0.1) is 0 Å². The highest BCUT2D eigenvalue weighted by atomic mass is 28.4. The molecule has 0 aromatic heterocycles. The van der Waals surface area contributed by atoms with Gasteiger partial charge in [0, 0.05) is 5.56 Å². The number of benzene rings is 2. The van der Waals surface area contributed by atoms with E-state index in [9.17, 15) is 23.1 Å². The molecule has 2 aromatic carbocycles. The van der Waals surface area contributed by atoms with Gasteiger partial charge in [-0.05, 0) is 41.9 Å². The summed E-state index contributed by atoms with van der Waals surface area (Å²) in [6.45, 7) is 10.5. The van der Waals surface area contributed by atoms with Crippen LogP contribution in [-0.2, 0) is 16.6 Å². The largest absolute Gasteiger partial charge is 0.544 e. The van der Waals surface area contributed by atoms with Crippen LogP contribution in [0.25, 0.3) is 0 Å². The highest BCUT2D eigenvalue weighted by Gasteiger charge is 2.50. The molecule has 0 saturated carbocycles. The number of para-hydroxylation sites is 1. The molecule has 29 heavy (non-hydrogen) atoms. The summed E-state index contributed by atoms with van der Waals surface area (Å²) >= 11 is 0. The predicted octanol–water partition coefficient (Wildman–Crippen LogP) is 5.28. The Morgan fingerprint density at radius 3 is 2.14 bits per heavy atom. The lowest BCUT2D eigenvalue weighted by molar-refractivity contribution is -0.136. The summed E-state index contributed by atoms with van der Waals surface area (Å²) in [4.78, 5) is 12.5. The number of carbonyl (C=O) groups excluding carboxylic acids is 1. The van der Waals surface area contributed by atoms with Crippen LogP contribution in [0.3, 0.4) is 0 Å². The van der Waals surface area contributed by atoms with Crippen LogP contribution in [0.2, 0.25) is 18.1 Å². The van der Waals surface area contributed by atoms with Crippen molar-refractivity contribution in [2.45, 2.75) is 50.7 Å². The standard InChI is InChI=1S/C21H24F3NO3Si/c1-19(2,3)29(4,5)28-14-11-9-13(10-12-14)20(27)15-7-6-8-16(21(22,23)24)17(15)25-18(20)26/h6-12,27H,1-5H3,(H,25,26). The van der Waals surface area contributed by atoms with Crippen LogP contribution in [0.4, 0.5) is 18.9 Å². The number of rotatable bonds is 3. The molecular formula is C21H24F3NO3Si. The third-order valence-corrected chi connectivity index (χ3v) is 10.1. The van der Waals surface area contributed by atoms with E-state index in [4.69, 9.17) is 4.43 Å². The summed E-state index contributed by atoms with van der Waals surface area (Å²) < 4.78 is 46.0. The lowest BCUT2D eigenvalue weighted by Gasteiger charge is -2.36. The predicted molar refractivity (Wildman–Crippen MR) is 107 cm³/mol. The average molecular weight is 424 g/mol. The van der Waals surface area contributed by atoms with Crippen molar-refractivity contribution in [3.8, 4) is 5.75 Å². The lowest BCUT2D eigenvalue weighted by atomic mass is 9.87. The minimum atomic E-state index is -4.65. The van der Waals surface area contributed by atoms with Gasteiger partial charge in [0.1, 0.15) is 5.75 Å². The van der Waals surface area contributed by atoms with Crippen LogP contribution in [0, 0.1) is 0 Å². The second-order valence-electron chi connectivity index (χ2n) is 8.78. The van der Waals surface area contributed by atoms with Crippen molar-refractivity contribution in [3.63, 3.8) is 0 Å². The molecule has 0 fully saturated rings. The van der Waals surface area contributed by atoms with E-state index in [-0.39, 0.29) is 16.2 Å². The van der Waals surface area contributed by atoms with E-state index in [1.54, 1.807) is 12.1 Å². The molecule has 0 bridgehead atoms. The average Bonchev–Trinajstić information content (AvgIpc) is 2.85. The molecule has 1 aliphatic rings. The SMILES string of the molecule is CC(C)(C)[Si](C)(C)Oc1ccc(C2(O)C(=O)Nc3c(C(F)(F)F)cccc32)cc1. The molecule has 0 saturated heterocycles. The van der Waals surface area contributed by atoms with Gasteiger partial charge in [0.25, 0.3) is 5.91 Å². The zero-order valence-electron chi connectivity index (χ0n) is 16.9. The molecule has 3 rings (SSSR count). The second kappa shape index (κ2) is 6.60. The number of anilines is 1. The number of alkyl halides is 3. The minimum Gasteiger partial charge on any atom is -0.544 e. The Morgan fingerprint density at radius 1 is 1.03 bits per heavy atom. The third-order valence-electron chi connectivity index (χ3n) is 5.78. The molecule has 1 unspecified atom stereocenters. The number of hydrogen-bond acceptors (Lipinski definition) is 3. The smallest absolute Gasteiger partial charge is 0.418 e. The maximum atomic E-state index is 13.3. The lowest BCUT2D eigenvalue weighted by Crippen LogP contribution is -2.43. The Morgan fingerprint density at radius 2 is 1.62 bits per heavy atom. The van der Waals surface area contributed by atoms with Crippen molar-refractivity contribution in [1.82, 2.24) is 0 Å². The number of nitrogens with one attached hydrogen (secondary N) is 1. The van der Waals surface area contributed by atoms with Gasteiger partial charge in [-0.25, -0.2) is 0 Å². The maximum Gasteiger partial charge on any atom is 0.418 e. The molecule has 1 amide bonds. The van der Waals surface area contributed by atoms with E-state index < -0.39 is 37.3 Å². The number of fused-ring (bicyclic) bond motifs is 1. The Hall–Kier alpha value is -2.32. The first-order valence-electron chi connectivity index (χ1n) is 9.22. The summed E-state index contributed by atoms with van der Waals surface area (Å²) in [5, 5.41) is 13.3. The zero-order chi connectivity index (χ0) is 21.8. The number of aliphatic hydroxyl groups is 1.